The molecule has 1 aliphatic heterocycles. The fraction of sp³-hybridized carbons (Fsp3) is 0.933. The Hall–Kier alpha value is -0.630. The number of hydrogen-bond donors (Lipinski definition) is 1. The summed E-state index contributed by atoms with van der Waals surface area (Å²) in [5.74, 6) is 0. The van der Waals surface area contributed by atoms with Gasteiger partial charge in [0, 0.05) is 19.1 Å². The minimum Gasteiger partial charge on any atom is -0.302 e. The van der Waals surface area contributed by atoms with Crippen molar-refractivity contribution < 1.29 is 0 Å². The third kappa shape index (κ3) is 5.48. The number of nitrogens with one attached hydrogen (secondary N) is 1. The molecule has 1 aliphatic rings. The van der Waals surface area contributed by atoms with E-state index < -0.39 is 0 Å². The van der Waals surface area contributed by atoms with Crippen LogP contribution in [0, 0.1) is 11.3 Å². The zero-order valence-electron chi connectivity index (χ0n) is 12.9. The smallest absolute Gasteiger partial charge is 0.0965 e. The molecule has 0 radical (unpaired) electrons. The van der Waals surface area contributed by atoms with Crippen LogP contribution < -0.4 is 5.32 Å². The summed E-state index contributed by atoms with van der Waals surface area (Å²) in [5.41, 5.74) is 0. The van der Waals surface area contributed by atoms with Gasteiger partial charge in [0.15, 0.2) is 0 Å². The van der Waals surface area contributed by atoms with Crippen LogP contribution in [0.1, 0.15) is 40.0 Å². The first-order valence-electron chi connectivity index (χ1n) is 7.84. The third-order valence-electron chi connectivity index (χ3n) is 4.11. The lowest BCUT2D eigenvalue weighted by molar-refractivity contribution is 0.209. The van der Waals surface area contributed by atoms with Crippen molar-refractivity contribution >= 4 is 0 Å². The molecule has 1 fully saturated rings. The Morgan fingerprint density at radius 2 is 2.11 bits per heavy atom. The van der Waals surface area contributed by atoms with Gasteiger partial charge in [-0.25, -0.2) is 0 Å². The molecule has 0 aromatic heterocycles. The predicted octanol–water partition coefficient (Wildman–Crippen LogP) is 1.68. The molecule has 1 rings (SSSR count). The fourth-order valence-corrected chi connectivity index (χ4v) is 2.90. The van der Waals surface area contributed by atoms with Gasteiger partial charge in [0.05, 0.1) is 12.1 Å². The van der Waals surface area contributed by atoms with Crippen molar-refractivity contribution in [3.05, 3.63) is 0 Å². The zero-order chi connectivity index (χ0) is 14.1. The quantitative estimate of drug-likeness (QED) is 0.689. The average Bonchev–Trinajstić information content (AvgIpc) is 2.89. The van der Waals surface area contributed by atoms with E-state index in [9.17, 15) is 0 Å². The summed E-state index contributed by atoms with van der Waals surface area (Å²) < 4.78 is 0. The van der Waals surface area contributed by atoms with Crippen LogP contribution in [0.4, 0.5) is 0 Å². The Morgan fingerprint density at radius 1 is 1.37 bits per heavy atom. The molecule has 0 aromatic rings. The van der Waals surface area contributed by atoms with E-state index in [0.717, 1.165) is 45.1 Å². The van der Waals surface area contributed by atoms with Crippen LogP contribution in [-0.2, 0) is 0 Å². The van der Waals surface area contributed by atoms with E-state index in [4.69, 9.17) is 5.26 Å². The van der Waals surface area contributed by atoms with E-state index >= 15 is 0 Å². The minimum atomic E-state index is 0.0208. The highest BCUT2D eigenvalue weighted by Crippen LogP contribution is 2.15. The summed E-state index contributed by atoms with van der Waals surface area (Å²) in [7, 11) is 0. The first-order valence-corrected chi connectivity index (χ1v) is 7.84. The first kappa shape index (κ1) is 16.4. The van der Waals surface area contributed by atoms with Gasteiger partial charge in [-0.15, -0.1) is 0 Å². The number of nitriles is 1. The van der Waals surface area contributed by atoms with E-state index in [2.05, 4.69) is 42.0 Å². The molecule has 1 heterocycles. The molecule has 4 nitrogen and oxygen atoms in total. The standard InChI is InChI=1S/C15H30N4/c1-4-9-17-14(12-16)7-10-18-11-8-15(13-18)19(5-2)6-3/h14-15,17H,4-11,13H2,1-3H3. The average molecular weight is 266 g/mol. The summed E-state index contributed by atoms with van der Waals surface area (Å²) in [4.78, 5) is 5.07. The van der Waals surface area contributed by atoms with Gasteiger partial charge in [-0.3, -0.25) is 4.90 Å². The molecule has 110 valence electrons. The van der Waals surface area contributed by atoms with Gasteiger partial charge in [-0.1, -0.05) is 20.8 Å². The van der Waals surface area contributed by atoms with Crippen molar-refractivity contribution in [2.45, 2.75) is 52.1 Å². The Kier molecular flexibility index (Phi) is 8.04. The van der Waals surface area contributed by atoms with E-state index in [1.165, 1.54) is 19.5 Å². The lowest BCUT2D eigenvalue weighted by Crippen LogP contribution is -2.38. The first-order chi connectivity index (χ1) is 9.24. The molecule has 1 N–H and O–H groups in total. The van der Waals surface area contributed by atoms with Crippen LogP contribution in [0.25, 0.3) is 0 Å². The van der Waals surface area contributed by atoms with Crippen LogP contribution >= 0.6 is 0 Å². The summed E-state index contributed by atoms with van der Waals surface area (Å²) >= 11 is 0. The molecular formula is C15H30N4. The monoisotopic (exact) mass is 266 g/mol. The number of likely N-dealkylation sites (N-methyl/N-ethyl adjacent to an activating group) is 1. The predicted molar refractivity (Wildman–Crippen MR) is 80.1 cm³/mol. The maximum absolute atomic E-state index is 9.10. The second-order valence-electron chi connectivity index (χ2n) is 5.39. The maximum Gasteiger partial charge on any atom is 0.0965 e. The Morgan fingerprint density at radius 3 is 2.68 bits per heavy atom. The van der Waals surface area contributed by atoms with Crippen molar-refractivity contribution in [2.75, 3.05) is 39.3 Å². The van der Waals surface area contributed by atoms with Gasteiger partial charge in [0.25, 0.3) is 0 Å². The van der Waals surface area contributed by atoms with Crippen LogP contribution in [0.15, 0.2) is 0 Å². The Balaban J connectivity index is 2.26. The molecule has 2 atom stereocenters. The third-order valence-corrected chi connectivity index (χ3v) is 4.11. The van der Waals surface area contributed by atoms with E-state index in [0.29, 0.717) is 0 Å². The number of likely N-dealkylation sites (tertiary alicyclic amines) is 1. The summed E-state index contributed by atoms with van der Waals surface area (Å²) in [5, 5.41) is 12.4. The minimum absolute atomic E-state index is 0.0208. The van der Waals surface area contributed by atoms with Crippen LogP contribution in [0.3, 0.4) is 0 Å². The lowest BCUT2D eigenvalue weighted by atomic mass is 10.2. The molecule has 19 heavy (non-hydrogen) atoms. The largest absolute Gasteiger partial charge is 0.302 e. The fourth-order valence-electron chi connectivity index (χ4n) is 2.90. The highest BCUT2D eigenvalue weighted by Gasteiger charge is 2.26. The van der Waals surface area contributed by atoms with Gasteiger partial charge in [-0.2, -0.15) is 5.26 Å². The topological polar surface area (TPSA) is 42.3 Å². The van der Waals surface area contributed by atoms with Crippen molar-refractivity contribution in [3.8, 4) is 6.07 Å². The maximum atomic E-state index is 9.10. The molecular weight excluding hydrogens is 236 g/mol. The normalized spacial score (nSPS) is 21.7. The summed E-state index contributed by atoms with van der Waals surface area (Å²) in [6, 6.07) is 3.11. The van der Waals surface area contributed by atoms with Crippen LogP contribution in [0.5, 0.6) is 0 Å². The van der Waals surface area contributed by atoms with Gasteiger partial charge in [0.2, 0.25) is 0 Å². The summed E-state index contributed by atoms with van der Waals surface area (Å²) in [6.07, 6.45) is 3.31. The van der Waals surface area contributed by atoms with E-state index in [1.807, 2.05) is 0 Å². The van der Waals surface area contributed by atoms with E-state index in [1.54, 1.807) is 0 Å². The second-order valence-corrected chi connectivity index (χ2v) is 5.39. The van der Waals surface area contributed by atoms with Crippen LogP contribution in [-0.4, -0.2) is 61.2 Å². The highest BCUT2D eigenvalue weighted by molar-refractivity contribution is 4.91. The molecule has 0 aliphatic carbocycles. The number of nitrogens with zero attached hydrogens (tertiary/aromatic N) is 3. The van der Waals surface area contributed by atoms with Gasteiger partial charge in [-0.05, 0) is 45.4 Å². The highest BCUT2D eigenvalue weighted by atomic mass is 15.2. The summed E-state index contributed by atoms with van der Waals surface area (Å²) in [6.45, 7) is 13.3. The molecule has 0 spiro atoms. The molecule has 0 saturated carbocycles. The van der Waals surface area contributed by atoms with Gasteiger partial charge >= 0.3 is 0 Å². The van der Waals surface area contributed by atoms with Crippen molar-refractivity contribution in [1.29, 1.82) is 5.26 Å². The molecule has 1 saturated heterocycles. The molecule has 0 amide bonds. The molecule has 4 heteroatoms. The molecule has 2 unspecified atom stereocenters. The molecule has 0 aromatic carbocycles. The van der Waals surface area contributed by atoms with Gasteiger partial charge < -0.3 is 10.2 Å². The lowest BCUT2D eigenvalue weighted by Gasteiger charge is -2.26. The van der Waals surface area contributed by atoms with Crippen LogP contribution in [0.2, 0.25) is 0 Å². The Bertz CT molecular complexity index is 270. The van der Waals surface area contributed by atoms with Gasteiger partial charge in [0.1, 0.15) is 0 Å². The molecule has 0 bridgehead atoms. The van der Waals surface area contributed by atoms with Crippen molar-refractivity contribution in [1.82, 2.24) is 15.1 Å². The SMILES string of the molecule is CCCNC(C#N)CCN1CCC(N(CC)CC)C1. The number of hydrogen-bond acceptors (Lipinski definition) is 4. The van der Waals surface area contributed by atoms with Crippen molar-refractivity contribution in [2.24, 2.45) is 0 Å². The van der Waals surface area contributed by atoms with E-state index in [-0.39, 0.29) is 6.04 Å². The second kappa shape index (κ2) is 9.30. The number of rotatable bonds is 9. The van der Waals surface area contributed by atoms with Crippen molar-refractivity contribution in [3.63, 3.8) is 0 Å². The zero-order valence-corrected chi connectivity index (χ0v) is 12.9. The Labute approximate surface area is 118 Å².